The van der Waals surface area contributed by atoms with Gasteiger partial charge in [0.1, 0.15) is 0 Å². The van der Waals surface area contributed by atoms with Crippen LogP contribution in [0.5, 0.6) is 0 Å². The Balaban J connectivity index is 2.09. The molecule has 2 heterocycles. The van der Waals surface area contributed by atoms with Gasteiger partial charge >= 0.3 is 0 Å². The summed E-state index contributed by atoms with van der Waals surface area (Å²) in [7, 11) is 0. The zero-order valence-electron chi connectivity index (χ0n) is 14.0. The maximum Gasteiger partial charge on any atom is 0.0312 e. The summed E-state index contributed by atoms with van der Waals surface area (Å²) >= 11 is 0. The lowest BCUT2D eigenvalue weighted by Crippen LogP contribution is -2.59. The SMILES string of the molecule is CCC(C)C1CN(Cc2cccnc2)C(C(C)CC)CN1. The molecule has 0 aromatic carbocycles. The van der Waals surface area contributed by atoms with E-state index in [1.54, 1.807) is 0 Å². The van der Waals surface area contributed by atoms with E-state index in [1.165, 1.54) is 18.4 Å². The second-order valence-electron chi connectivity index (χ2n) is 6.64. The first-order valence-corrected chi connectivity index (χ1v) is 8.52. The Bertz CT molecular complexity index is 406. The first-order chi connectivity index (χ1) is 10.2. The van der Waals surface area contributed by atoms with E-state index < -0.39 is 0 Å². The molecule has 0 bridgehead atoms. The summed E-state index contributed by atoms with van der Waals surface area (Å²) in [4.78, 5) is 6.95. The quantitative estimate of drug-likeness (QED) is 0.871. The Kier molecular flexibility index (Phi) is 6.19. The molecular formula is C18H31N3. The molecule has 3 heteroatoms. The Morgan fingerprint density at radius 1 is 1.29 bits per heavy atom. The van der Waals surface area contributed by atoms with E-state index in [1.807, 2.05) is 18.5 Å². The highest BCUT2D eigenvalue weighted by Gasteiger charge is 2.32. The van der Waals surface area contributed by atoms with Gasteiger partial charge in [-0.2, -0.15) is 0 Å². The van der Waals surface area contributed by atoms with Gasteiger partial charge in [0.25, 0.3) is 0 Å². The van der Waals surface area contributed by atoms with Crippen LogP contribution in [0, 0.1) is 11.8 Å². The lowest BCUT2D eigenvalue weighted by Gasteiger charge is -2.44. The van der Waals surface area contributed by atoms with Gasteiger partial charge in [0.2, 0.25) is 0 Å². The van der Waals surface area contributed by atoms with E-state index in [9.17, 15) is 0 Å². The highest BCUT2D eigenvalue weighted by molar-refractivity contribution is 5.09. The number of nitrogens with one attached hydrogen (secondary N) is 1. The normalized spacial score (nSPS) is 26.5. The number of hydrogen-bond donors (Lipinski definition) is 1. The molecule has 1 fully saturated rings. The van der Waals surface area contributed by atoms with Crippen molar-refractivity contribution in [1.82, 2.24) is 15.2 Å². The third-order valence-corrected chi connectivity index (χ3v) is 5.23. The van der Waals surface area contributed by atoms with Crippen LogP contribution < -0.4 is 5.32 Å². The molecule has 21 heavy (non-hydrogen) atoms. The van der Waals surface area contributed by atoms with Gasteiger partial charge < -0.3 is 5.32 Å². The number of aromatic nitrogens is 1. The van der Waals surface area contributed by atoms with Gasteiger partial charge in [-0.15, -0.1) is 0 Å². The summed E-state index contributed by atoms with van der Waals surface area (Å²) in [6.45, 7) is 12.6. The third-order valence-electron chi connectivity index (χ3n) is 5.23. The number of hydrogen-bond acceptors (Lipinski definition) is 3. The van der Waals surface area contributed by atoms with E-state index in [0.717, 1.165) is 31.5 Å². The van der Waals surface area contributed by atoms with Crippen molar-refractivity contribution in [2.24, 2.45) is 11.8 Å². The average Bonchev–Trinajstić information content (AvgIpc) is 2.54. The predicted molar refractivity (Wildman–Crippen MR) is 89.1 cm³/mol. The van der Waals surface area contributed by atoms with Gasteiger partial charge in [-0.25, -0.2) is 0 Å². The van der Waals surface area contributed by atoms with Crippen LogP contribution >= 0.6 is 0 Å². The molecule has 1 aliphatic rings. The van der Waals surface area contributed by atoms with Crippen molar-refractivity contribution >= 4 is 0 Å². The topological polar surface area (TPSA) is 28.2 Å². The molecule has 4 unspecified atom stereocenters. The molecule has 1 saturated heterocycles. The van der Waals surface area contributed by atoms with Gasteiger partial charge in [-0.05, 0) is 23.5 Å². The van der Waals surface area contributed by atoms with Crippen LogP contribution in [0.25, 0.3) is 0 Å². The first-order valence-electron chi connectivity index (χ1n) is 8.52. The predicted octanol–water partition coefficient (Wildman–Crippen LogP) is 3.32. The average molecular weight is 289 g/mol. The molecule has 3 nitrogen and oxygen atoms in total. The summed E-state index contributed by atoms with van der Waals surface area (Å²) < 4.78 is 0. The molecule has 118 valence electrons. The molecule has 2 rings (SSSR count). The minimum absolute atomic E-state index is 0.618. The van der Waals surface area contributed by atoms with Crippen LogP contribution in [0.15, 0.2) is 24.5 Å². The molecule has 0 saturated carbocycles. The van der Waals surface area contributed by atoms with E-state index in [-0.39, 0.29) is 0 Å². The summed E-state index contributed by atoms with van der Waals surface area (Å²) in [5.74, 6) is 1.46. The van der Waals surface area contributed by atoms with Gasteiger partial charge in [0, 0.05) is 44.1 Å². The number of nitrogens with zero attached hydrogens (tertiary/aromatic N) is 2. The molecule has 0 aliphatic carbocycles. The van der Waals surface area contributed by atoms with E-state index in [2.05, 4.69) is 49.0 Å². The molecule has 4 atom stereocenters. The van der Waals surface area contributed by atoms with Crippen molar-refractivity contribution in [2.45, 2.75) is 59.2 Å². The van der Waals surface area contributed by atoms with Crippen LogP contribution in [0.1, 0.15) is 46.1 Å². The molecule has 1 aliphatic heterocycles. The van der Waals surface area contributed by atoms with Gasteiger partial charge in [0.15, 0.2) is 0 Å². The zero-order valence-corrected chi connectivity index (χ0v) is 14.0. The maximum atomic E-state index is 4.27. The minimum atomic E-state index is 0.618. The minimum Gasteiger partial charge on any atom is -0.311 e. The van der Waals surface area contributed by atoms with E-state index in [0.29, 0.717) is 12.1 Å². The van der Waals surface area contributed by atoms with E-state index in [4.69, 9.17) is 0 Å². The molecule has 0 amide bonds. The van der Waals surface area contributed by atoms with Crippen LogP contribution in [0.3, 0.4) is 0 Å². The molecule has 0 radical (unpaired) electrons. The summed E-state index contributed by atoms with van der Waals surface area (Å²) in [5, 5.41) is 3.79. The summed E-state index contributed by atoms with van der Waals surface area (Å²) in [6.07, 6.45) is 6.35. The number of rotatable bonds is 6. The van der Waals surface area contributed by atoms with Crippen LogP contribution in [0.2, 0.25) is 0 Å². The highest BCUT2D eigenvalue weighted by Crippen LogP contribution is 2.23. The fraction of sp³-hybridized carbons (Fsp3) is 0.722. The standard InChI is InChI=1S/C18H31N3/c1-5-14(3)17-13-21(12-16-8-7-9-19-10-16)18(11-20-17)15(4)6-2/h7-10,14-15,17-18,20H,5-6,11-13H2,1-4H3. The lowest BCUT2D eigenvalue weighted by molar-refractivity contribution is 0.0692. The van der Waals surface area contributed by atoms with Crippen LogP contribution in [-0.4, -0.2) is 35.1 Å². The maximum absolute atomic E-state index is 4.27. The van der Waals surface area contributed by atoms with Crippen molar-refractivity contribution in [3.8, 4) is 0 Å². The number of piperazine rings is 1. The Hall–Kier alpha value is -0.930. The van der Waals surface area contributed by atoms with Crippen molar-refractivity contribution < 1.29 is 0 Å². The first kappa shape index (κ1) is 16.4. The van der Waals surface area contributed by atoms with Gasteiger partial charge in [0.05, 0.1) is 0 Å². The lowest BCUT2D eigenvalue weighted by atomic mass is 9.90. The molecule has 1 N–H and O–H groups in total. The second-order valence-corrected chi connectivity index (χ2v) is 6.64. The third kappa shape index (κ3) is 4.27. The fourth-order valence-electron chi connectivity index (χ4n) is 3.26. The van der Waals surface area contributed by atoms with E-state index >= 15 is 0 Å². The smallest absolute Gasteiger partial charge is 0.0312 e. The van der Waals surface area contributed by atoms with Crippen LogP contribution in [-0.2, 0) is 6.54 Å². The summed E-state index contributed by atoms with van der Waals surface area (Å²) in [6, 6.07) is 5.49. The van der Waals surface area contributed by atoms with Crippen molar-refractivity contribution in [3.05, 3.63) is 30.1 Å². The fourth-order valence-corrected chi connectivity index (χ4v) is 3.26. The Morgan fingerprint density at radius 3 is 2.67 bits per heavy atom. The van der Waals surface area contributed by atoms with Crippen LogP contribution in [0.4, 0.5) is 0 Å². The Morgan fingerprint density at radius 2 is 2.05 bits per heavy atom. The van der Waals surface area contributed by atoms with Crippen molar-refractivity contribution in [1.29, 1.82) is 0 Å². The van der Waals surface area contributed by atoms with Crippen molar-refractivity contribution in [3.63, 3.8) is 0 Å². The van der Waals surface area contributed by atoms with Crippen molar-refractivity contribution in [2.75, 3.05) is 13.1 Å². The molecular weight excluding hydrogens is 258 g/mol. The monoisotopic (exact) mass is 289 g/mol. The van der Waals surface area contributed by atoms with Gasteiger partial charge in [-0.3, -0.25) is 9.88 Å². The summed E-state index contributed by atoms with van der Waals surface area (Å²) in [5.41, 5.74) is 1.33. The highest BCUT2D eigenvalue weighted by atomic mass is 15.2. The molecule has 1 aromatic rings. The number of pyridine rings is 1. The molecule has 0 spiro atoms. The Labute approximate surface area is 130 Å². The molecule has 1 aromatic heterocycles. The second kappa shape index (κ2) is 7.90. The van der Waals surface area contributed by atoms with Gasteiger partial charge in [-0.1, -0.05) is 46.6 Å². The largest absolute Gasteiger partial charge is 0.311 e. The zero-order chi connectivity index (χ0) is 15.2.